The van der Waals surface area contributed by atoms with Crippen molar-refractivity contribution in [3.8, 4) is 5.88 Å². The van der Waals surface area contributed by atoms with Gasteiger partial charge in [0.05, 0.1) is 6.04 Å². The van der Waals surface area contributed by atoms with Crippen molar-refractivity contribution in [3.63, 3.8) is 0 Å². The van der Waals surface area contributed by atoms with E-state index >= 15 is 0 Å². The highest BCUT2D eigenvalue weighted by molar-refractivity contribution is 5.65. The zero-order chi connectivity index (χ0) is 12.3. The summed E-state index contributed by atoms with van der Waals surface area (Å²) in [6, 6.07) is 1.35. The molecule has 1 aliphatic rings. The summed E-state index contributed by atoms with van der Waals surface area (Å²) in [5.41, 5.74) is 0. The highest BCUT2D eigenvalue weighted by Crippen LogP contribution is 2.19. The number of hydrogen-bond donors (Lipinski definition) is 2. The number of likely N-dealkylation sites (tertiary alicyclic amines) is 1. The van der Waals surface area contributed by atoms with Crippen LogP contribution in [-0.4, -0.2) is 45.6 Å². The van der Waals surface area contributed by atoms with Gasteiger partial charge in [0.25, 0.3) is 5.88 Å². The van der Waals surface area contributed by atoms with Gasteiger partial charge in [0.1, 0.15) is 13.2 Å². The Labute approximate surface area is 97.6 Å². The van der Waals surface area contributed by atoms with Crippen LogP contribution in [0.2, 0.25) is 0 Å². The van der Waals surface area contributed by atoms with Crippen molar-refractivity contribution < 1.29 is 24.3 Å². The second-order valence-electron chi connectivity index (χ2n) is 3.87. The fraction of sp³-hybridized carbons (Fsp3) is 0.600. The maximum atomic E-state index is 10.9. The number of nitrogens with zero attached hydrogens (tertiary/aromatic N) is 2. The second-order valence-corrected chi connectivity index (χ2v) is 3.87. The number of hydrogen-bond acceptors (Lipinski definition) is 5. The number of ether oxygens (including phenoxy) is 1. The fourth-order valence-corrected chi connectivity index (χ4v) is 1.88. The Kier molecular flexibility index (Phi) is 3.48. The first-order chi connectivity index (χ1) is 8.20. The lowest BCUT2D eigenvalue weighted by Gasteiger charge is -2.20. The number of carboxylic acid groups (broad SMARTS) is 1. The average molecular weight is 242 g/mol. The quantitative estimate of drug-likeness (QED) is 0.806. The van der Waals surface area contributed by atoms with Crippen LogP contribution in [0.1, 0.15) is 18.6 Å². The van der Waals surface area contributed by atoms with Gasteiger partial charge in [0, 0.05) is 12.6 Å². The SMILES string of the molecule is O=C(O)N1CCCC1COc1cc(CO)on1. The normalized spacial score (nSPS) is 19.6. The molecule has 0 spiro atoms. The van der Waals surface area contributed by atoms with Crippen LogP contribution in [0.5, 0.6) is 5.88 Å². The first-order valence-electron chi connectivity index (χ1n) is 5.39. The summed E-state index contributed by atoms with van der Waals surface area (Å²) in [7, 11) is 0. The summed E-state index contributed by atoms with van der Waals surface area (Å²) in [4.78, 5) is 12.2. The Hall–Kier alpha value is -1.76. The molecule has 2 heterocycles. The van der Waals surface area contributed by atoms with Gasteiger partial charge in [-0.3, -0.25) is 0 Å². The monoisotopic (exact) mass is 242 g/mol. The van der Waals surface area contributed by atoms with Crippen molar-refractivity contribution in [3.05, 3.63) is 11.8 Å². The first kappa shape index (κ1) is 11.7. The lowest BCUT2D eigenvalue weighted by atomic mass is 10.2. The van der Waals surface area contributed by atoms with E-state index in [1.807, 2.05) is 0 Å². The third-order valence-corrected chi connectivity index (χ3v) is 2.74. The maximum absolute atomic E-state index is 10.9. The van der Waals surface area contributed by atoms with Crippen LogP contribution in [-0.2, 0) is 6.61 Å². The minimum Gasteiger partial charge on any atom is -0.473 e. The molecule has 0 radical (unpaired) electrons. The molecule has 1 aliphatic heterocycles. The number of aromatic nitrogens is 1. The van der Waals surface area contributed by atoms with E-state index in [1.54, 1.807) is 0 Å². The van der Waals surface area contributed by atoms with Gasteiger partial charge in [-0.25, -0.2) is 4.79 Å². The third-order valence-electron chi connectivity index (χ3n) is 2.74. The van der Waals surface area contributed by atoms with Crippen molar-refractivity contribution >= 4 is 6.09 Å². The number of amides is 1. The van der Waals surface area contributed by atoms with Gasteiger partial charge in [0.2, 0.25) is 0 Å². The Balaban J connectivity index is 1.87. The highest BCUT2D eigenvalue weighted by atomic mass is 16.5. The van der Waals surface area contributed by atoms with Crippen molar-refractivity contribution in [2.45, 2.75) is 25.5 Å². The molecule has 7 nitrogen and oxygen atoms in total. The molecule has 0 saturated carbocycles. The minimum atomic E-state index is -0.924. The topological polar surface area (TPSA) is 96.0 Å². The minimum absolute atomic E-state index is 0.137. The Morgan fingerprint density at radius 2 is 2.53 bits per heavy atom. The molecule has 0 bridgehead atoms. The molecular formula is C10H14N2O5. The summed E-state index contributed by atoms with van der Waals surface area (Å²) in [6.45, 7) is 0.564. The summed E-state index contributed by atoms with van der Waals surface area (Å²) in [5.74, 6) is 0.591. The molecule has 0 aromatic carbocycles. The molecule has 1 unspecified atom stereocenters. The van der Waals surface area contributed by atoms with Crippen LogP contribution in [0.15, 0.2) is 10.6 Å². The Bertz CT molecular complexity index is 392. The van der Waals surface area contributed by atoms with Crippen molar-refractivity contribution in [2.75, 3.05) is 13.2 Å². The highest BCUT2D eigenvalue weighted by Gasteiger charge is 2.29. The molecule has 0 aliphatic carbocycles. The van der Waals surface area contributed by atoms with Crippen LogP contribution in [0.25, 0.3) is 0 Å². The van der Waals surface area contributed by atoms with Gasteiger partial charge in [-0.2, -0.15) is 0 Å². The van der Waals surface area contributed by atoms with Gasteiger partial charge < -0.3 is 24.4 Å². The smallest absolute Gasteiger partial charge is 0.407 e. The molecule has 2 rings (SSSR count). The van der Waals surface area contributed by atoms with E-state index in [9.17, 15) is 4.79 Å². The third kappa shape index (κ3) is 2.68. The average Bonchev–Trinajstić information content (AvgIpc) is 2.95. The Morgan fingerprint density at radius 3 is 3.18 bits per heavy atom. The van der Waals surface area contributed by atoms with Crippen LogP contribution in [0, 0.1) is 0 Å². The van der Waals surface area contributed by atoms with E-state index in [-0.39, 0.29) is 25.1 Å². The number of aliphatic hydroxyl groups excluding tert-OH is 1. The van der Waals surface area contributed by atoms with Crippen LogP contribution in [0.3, 0.4) is 0 Å². The van der Waals surface area contributed by atoms with Crippen molar-refractivity contribution in [1.82, 2.24) is 10.1 Å². The van der Waals surface area contributed by atoms with Crippen molar-refractivity contribution in [2.24, 2.45) is 0 Å². The summed E-state index contributed by atoms with van der Waals surface area (Å²) >= 11 is 0. The van der Waals surface area contributed by atoms with Crippen LogP contribution in [0.4, 0.5) is 4.79 Å². The van der Waals surface area contributed by atoms with Gasteiger partial charge in [-0.1, -0.05) is 0 Å². The van der Waals surface area contributed by atoms with E-state index in [0.29, 0.717) is 12.3 Å². The van der Waals surface area contributed by atoms with Gasteiger partial charge in [0.15, 0.2) is 5.76 Å². The zero-order valence-corrected chi connectivity index (χ0v) is 9.20. The van der Waals surface area contributed by atoms with Gasteiger partial charge in [-0.15, -0.1) is 0 Å². The predicted molar refractivity (Wildman–Crippen MR) is 55.7 cm³/mol. The molecule has 1 saturated heterocycles. The summed E-state index contributed by atoms with van der Waals surface area (Å²) in [5, 5.41) is 21.3. The molecule has 1 amide bonds. The van der Waals surface area contributed by atoms with Crippen molar-refractivity contribution in [1.29, 1.82) is 0 Å². The summed E-state index contributed by atoms with van der Waals surface area (Å²) in [6.07, 6.45) is 0.713. The number of carbonyl (C=O) groups is 1. The molecule has 2 N–H and O–H groups in total. The standard InChI is InChI=1S/C10H14N2O5/c13-5-8-4-9(11-17-8)16-6-7-2-1-3-12(7)10(14)15/h4,7,13H,1-3,5-6H2,(H,14,15). The van der Waals surface area contributed by atoms with E-state index < -0.39 is 6.09 Å². The molecule has 1 atom stereocenters. The summed E-state index contributed by atoms with van der Waals surface area (Å²) < 4.78 is 10.1. The molecule has 94 valence electrons. The lowest BCUT2D eigenvalue weighted by molar-refractivity contribution is 0.121. The van der Waals surface area contributed by atoms with Crippen LogP contribution >= 0.6 is 0 Å². The molecule has 1 aromatic heterocycles. The first-order valence-corrected chi connectivity index (χ1v) is 5.39. The molecule has 1 aromatic rings. The lowest BCUT2D eigenvalue weighted by Crippen LogP contribution is -2.38. The van der Waals surface area contributed by atoms with Gasteiger partial charge >= 0.3 is 6.09 Å². The van der Waals surface area contributed by atoms with E-state index in [1.165, 1.54) is 11.0 Å². The largest absolute Gasteiger partial charge is 0.473 e. The molecular weight excluding hydrogens is 228 g/mol. The predicted octanol–water partition coefficient (Wildman–Crippen LogP) is 0.688. The second kappa shape index (κ2) is 5.05. The Morgan fingerprint density at radius 1 is 1.71 bits per heavy atom. The van der Waals surface area contributed by atoms with Gasteiger partial charge in [-0.05, 0) is 18.0 Å². The zero-order valence-electron chi connectivity index (χ0n) is 9.20. The number of rotatable bonds is 4. The number of aliphatic hydroxyl groups is 1. The fourth-order valence-electron chi connectivity index (χ4n) is 1.88. The van der Waals surface area contributed by atoms with Crippen LogP contribution < -0.4 is 4.74 Å². The molecule has 17 heavy (non-hydrogen) atoms. The van der Waals surface area contributed by atoms with E-state index in [2.05, 4.69) is 5.16 Å². The van der Waals surface area contributed by atoms with E-state index in [0.717, 1.165) is 12.8 Å². The molecule has 7 heteroatoms. The maximum Gasteiger partial charge on any atom is 0.407 e. The molecule has 1 fully saturated rings. The van der Waals surface area contributed by atoms with E-state index in [4.69, 9.17) is 19.5 Å².